The molecule has 2 saturated carbocycles. The summed E-state index contributed by atoms with van der Waals surface area (Å²) in [6, 6.07) is 16.8. The van der Waals surface area contributed by atoms with E-state index in [-0.39, 0.29) is 109 Å². The molecule has 2 aromatic carbocycles. The van der Waals surface area contributed by atoms with E-state index in [1.54, 1.807) is 19.6 Å². The van der Waals surface area contributed by atoms with Crippen LogP contribution in [0.15, 0.2) is 85.0 Å². The van der Waals surface area contributed by atoms with Gasteiger partial charge in [-0.1, -0.05) is 124 Å². The van der Waals surface area contributed by atoms with Crippen LogP contribution in [-0.4, -0.2) is 152 Å². The molecule has 0 spiro atoms. The Morgan fingerprint density at radius 3 is 1.40 bits per heavy atom. The molecule has 12 atom stereocenters. The number of ether oxygens (including phenoxy) is 2. The lowest BCUT2D eigenvalue weighted by molar-refractivity contribution is -0.156. The minimum atomic E-state index is -0.921. The minimum absolute atomic E-state index is 0.00527. The number of esters is 3. The van der Waals surface area contributed by atoms with E-state index in [1.165, 1.54) is 20.8 Å². The number of hydrogen-bond acceptors (Lipinski definition) is 14. The molecule has 6 amide bonds. The summed E-state index contributed by atoms with van der Waals surface area (Å²) >= 11 is 0. The first-order chi connectivity index (χ1) is 43.1. The van der Waals surface area contributed by atoms with Gasteiger partial charge in [0, 0.05) is 91.0 Å². The van der Waals surface area contributed by atoms with Gasteiger partial charge < -0.3 is 44.8 Å². The van der Waals surface area contributed by atoms with Crippen molar-refractivity contribution in [1.29, 1.82) is 0 Å². The first-order valence-electron chi connectivity index (χ1n) is 32.9. The van der Waals surface area contributed by atoms with Crippen LogP contribution in [0.2, 0.25) is 0 Å². The molecule has 0 bridgehead atoms. The van der Waals surface area contributed by atoms with Crippen molar-refractivity contribution in [1.82, 2.24) is 30.2 Å². The van der Waals surface area contributed by atoms with Gasteiger partial charge in [0.15, 0.2) is 11.6 Å². The van der Waals surface area contributed by atoms with Crippen molar-refractivity contribution >= 4 is 64.9 Å². The number of allylic oxidation sites excluding steroid dienone is 4. The van der Waals surface area contributed by atoms with E-state index in [2.05, 4.69) is 39.7 Å². The number of fused-ring (bicyclic) bond motifs is 4. The first kappa shape index (κ1) is 68.6. The van der Waals surface area contributed by atoms with Gasteiger partial charge in [0.05, 0.1) is 35.6 Å². The van der Waals surface area contributed by atoms with Crippen molar-refractivity contribution in [2.75, 3.05) is 26.2 Å². The molecule has 0 aromatic heterocycles. The van der Waals surface area contributed by atoms with E-state index in [0.717, 1.165) is 88.2 Å². The van der Waals surface area contributed by atoms with E-state index in [1.807, 2.05) is 74.5 Å². The van der Waals surface area contributed by atoms with Crippen LogP contribution in [0, 0.1) is 34.5 Å². The molecule has 6 aliphatic heterocycles. The predicted molar refractivity (Wildman–Crippen MR) is 333 cm³/mol. The Hall–Kier alpha value is -7.35. The molecule has 488 valence electrons. The third-order valence-corrected chi connectivity index (χ3v) is 19.4. The summed E-state index contributed by atoms with van der Waals surface area (Å²) in [6.07, 6.45) is 20.7. The average molecular weight is 1240 g/mol. The number of hydrogen-bond donors (Lipinski definition) is 3. The molecule has 0 unspecified atom stereocenters. The molecule has 0 radical (unpaired) electrons. The number of rotatable bonds is 9. The van der Waals surface area contributed by atoms with Crippen LogP contribution >= 0.6 is 0 Å². The predicted octanol–water partition coefficient (Wildman–Crippen LogP) is 7.42. The summed E-state index contributed by atoms with van der Waals surface area (Å²) in [5.41, 5.74) is 0.180. The Bertz CT molecular complexity index is 2980. The molecule has 2 aliphatic carbocycles. The van der Waals surface area contributed by atoms with Crippen molar-refractivity contribution in [2.24, 2.45) is 34.5 Å². The zero-order valence-corrected chi connectivity index (χ0v) is 53.3. The van der Waals surface area contributed by atoms with Gasteiger partial charge in [-0.05, 0) is 100 Å². The molecule has 2 aromatic rings. The van der Waals surface area contributed by atoms with Crippen LogP contribution in [0.4, 0.5) is 0 Å². The van der Waals surface area contributed by atoms with Gasteiger partial charge in [0.2, 0.25) is 35.4 Å². The molecule has 10 rings (SSSR count). The number of likely N-dealkylation sites (tertiary alicyclic amines) is 2. The molecule has 4 saturated heterocycles. The highest BCUT2D eigenvalue weighted by atomic mass is 16.6. The number of carbonyl (C=O) groups is 11. The van der Waals surface area contributed by atoms with Gasteiger partial charge in [-0.25, -0.2) is 0 Å². The van der Waals surface area contributed by atoms with Gasteiger partial charge in [-0.2, -0.15) is 0 Å². The fourth-order valence-electron chi connectivity index (χ4n) is 14.4. The monoisotopic (exact) mass is 1240 g/mol. The van der Waals surface area contributed by atoms with Gasteiger partial charge in [-0.3, -0.25) is 52.7 Å². The van der Waals surface area contributed by atoms with Crippen LogP contribution in [0.5, 0.6) is 0 Å². The smallest absolute Gasteiger partial charge is 0.310 e. The number of carbonyl (C=O) groups excluding carboxylic acids is 11. The maximum absolute atomic E-state index is 14.3. The van der Waals surface area contributed by atoms with Crippen molar-refractivity contribution in [3.05, 3.63) is 96.1 Å². The Labute approximate surface area is 529 Å². The van der Waals surface area contributed by atoms with E-state index < -0.39 is 65.1 Å². The van der Waals surface area contributed by atoms with Gasteiger partial charge in [0.25, 0.3) is 0 Å². The van der Waals surface area contributed by atoms with Crippen molar-refractivity contribution in [3.63, 3.8) is 0 Å². The lowest BCUT2D eigenvalue weighted by Gasteiger charge is -2.31. The highest BCUT2D eigenvalue weighted by Gasteiger charge is 2.64. The highest BCUT2D eigenvalue weighted by molar-refractivity contribution is 6.00. The standard InChI is InChI=1S/C34H45N3O6.C32H43N3O5.C4H6O3/c1-23-12-7-4-3-5-10-15-26-19-34(26,20-30(39)29-18-27(43-24(2)38)22-37(29)32(23)41)33(42)36-17-11-16-28(36)31(40)35-21-25-13-8-6-9-14-25;1-22-11-6-3-2-4-9-14-24-18-32(24,19-28(37)27-17-25(36)21-35(27)30(22)39)31(40)34-16-10-15-26(34)29(38)33-20-23-12-7-5-8-13-23;1-3(5)7-4(2)6/h6,8-10,13-15,23,26-29H,3-5,7,11-12,16-22H2,1-2H3,(H,35,40);5,7-9,12-14,22,24-27,36H,2-4,6,10-11,15-21H2,1H3,(H,33,38);1-2H3/b15-10-;14-9-;/t23-,26+,27+,28-,29-,34+;22-,24+,25+,26-,27-,32+;/m00./s1. The Morgan fingerprint density at radius 1 is 0.544 bits per heavy atom. The summed E-state index contributed by atoms with van der Waals surface area (Å²) in [4.78, 5) is 148. The van der Waals surface area contributed by atoms with Crippen LogP contribution in [0.1, 0.15) is 174 Å². The number of nitrogens with one attached hydrogen (secondary N) is 2. The fraction of sp³-hybridized carbons (Fsp3) is 0.614. The molecule has 90 heavy (non-hydrogen) atoms. The topological polar surface area (TPSA) is 263 Å². The van der Waals surface area contributed by atoms with E-state index in [4.69, 9.17) is 4.74 Å². The lowest BCUT2D eigenvalue weighted by Crippen LogP contribution is -2.50. The summed E-state index contributed by atoms with van der Waals surface area (Å²) in [6.45, 7) is 9.64. The van der Waals surface area contributed by atoms with Crippen LogP contribution in [-0.2, 0) is 75.3 Å². The van der Waals surface area contributed by atoms with E-state index in [9.17, 15) is 57.8 Å². The molecular weight excluding hydrogens is 1150 g/mol. The molecule has 3 N–H and O–H groups in total. The molecule has 20 nitrogen and oxygen atoms in total. The Kier molecular flexibility index (Phi) is 24.1. The number of aliphatic hydroxyl groups is 1. The van der Waals surface area contributed by atoms with Gasteiger partial charge in [0.1, 0.15) is 18.2 Å². The van der Waals surface area contributed by atoms with Crippen molar-refractivity contribution < 1.29 is 67.3 Å². The first-order valence-corrected chi connectivity index (χ1v) is 32.9. The number of Topliss-reactive ketones (excluding diaryl/α,β-unsaturated/α-hetero) is 2. The Balaban J connectivity index is 0.000000210. The molecule has 20 heteroatoms. The van der Waals surface area contributed by atoms with Gasteiger partial charge in [-0.15, -0.1) is 0 Å². The van der Waals surface area contributed by atoms with Gasteiger partial charge >= 0.3 is 17.9 Å². The Morgan fingerprint density at radius 2 is 0.978 bits per heavy atom. The third kappa shape index (κ3) is 17.6. The second-order valence-corrected chi connectivity index (χ2v) is 26.3. The quantitative estimate of drug-likeness (QED) is 0.125. The highest BCUT2D eigenvalue weighted by Crippen LogP contribution is 2.60. The molecule has 6 heterocycles. The summed E-state index contributed by atoms with van der Waals surface area (Å²) in [5.74, 6) is -3.24. The summed E-state index contributed by atoms with van der Waals surface area (Å²) in [5, 5.41) is 16.4. The maximum Gasteiger partial charge on any atom is 0.310 e. The zero-order chi connectivity index (χ0) is 64.7. The third-order valence-electron chi connectivity index (χ3n) is 19.4. The second kappa shape index (κ2) is 31.6. The fourth-order valence-corrected chi connectivity index (χ4v) is 14.4. The van der Waals surface area contributed by atoms with E-state index in [0.29, 0.717) is 51.9 Å². The minimum Gasteiger partial charge on any atom is -0.461 e. The van der Waals surface area contributed by atoms with Crippen LogP contribution in [0.3, 0.4) is 0 Å². The maximum atomic E-state index is 14.3. The molecule has 6 fully saturated rings. The van der Waals surface area contributed by atoms with Crippen LogP contribution in [0.25, 0.3) is 0 Å². The van der Waals surface area contributed by atoms with Crippen molar-refractivity contribution in [2.45, 2.75) is 212 Å². The zero-order valence-electron chi connectivity index (χ0n) is 53.3. The lowest BCUT2D eigenvalue weighted by atomic mass is 9.90. The summed E-state index contributed by atoms with van der Waals surface area (Å²) < 4.78 is 9.43. The number of nitrogens with zero attached hydrogens (tertiary/aromatic N) is 4. The SMILES string of the molecule is CC(=O)OC(C)=O.CC(=O)O[C@@H]1C[C@H]2C(=O)C[C@]3(C(=O)N4CCC[C@H]4C(=O)NCc4ccccc4)C[C@H]3/C=C\CCCCC[C@H](C)C(=O)N2C1.C[C@H]1CCCCC/C=C\[C@@H]2C[C@@]2(C(=O)N2CCC[C@H]2C(=O)NCc2ccccc2)CC(=O)[C@@H]2C[C@@H](O)CN2C1=O. The van der Waals surface area contributed by atoms with Crippen molar-refractivity contribution in [3.8, 4) is 0 Å². The van der Waals surface area contributed by atoms with E-state index >= 15 is 0 Å². The number of benzene rings is 2. The largest absolute Gasteiger partial charge is 0.461 e. The normalized spacial score (nSPS) is 31.0. The van der Waals surface area contributed by atoms with Crippen LogP contribution < -0.4 is 10.6 Å². The number of aliphatic hydroxyl groups excluding tert-OH is 1. The molecular formula is C70H94N6O14. The second-order valence-electron chi connectivity index (χ2n) is 26.3. The number of ketones is 2. The molecule has 8 aliphatic rings. The summed E-state index contributed by atoms with van der Waals surface area (Å²) in [7, 11) is 0. The number of amides is 6. The average Bonchev–Trinajstić information content (AvgIpc) is 1.60.